The second kappa shape index (κ2) is 19.2. The lowest BCUT2D eigenvalue weighted by molar-refractivity contribution is 0.590. The molecule has 0 radical (unpaired) electrons. The van der Waals surface area contributed by atoms with E-state index in [1.807, 2.05) is 11.3 Å². The molecule has 0 saturated carbocycles. The highest BCUT2D eigenvalue weighted by atomic mass is 32.1. The number of hydrogen-bond donors (Lipinski definition) is 0. The summed E-state index contributed by atoms with van der Waals surface area (Å²) in [5, 5.41) is 5.71. The summed E-state index contributed by atoms with van der Waals surface area (Å²) in [4.78, 5) is 7.76. The minimum Gasteiger partial charge on any atom is -0.454 e. The largest absolute Gasteiger partial charge is 0.454 e. The van der Waals surface area contributed by atoms with Gasteiger partial charge in [0.15, 0.2) is 5.58 Å². The molecule has 6 heteroatoms. The van der Waals surface area contributed by atoms with E-state index in [4.69, 9.17) is 4.42 Å². The van der Waals surface area contributed by atoms with E-state index in [0.29, 0.717) is 0 Å². The lowest BCUT2D eigenvalue weighted by Crippen LogP contribution is -2.61. The Morgan fingerprint density at radius 3 is 1.68 bits per heavy atom. The summed E-state index contributed by atoms with van der Waals surface area (Å²) in [6.07, 6.45) is 0. The number of anilines is 8. The SMILES string of the molecule is CC(C)(C)c1ccc(N2B3c4cc5sccc5cc4N(c4ccc(C(C)(C)C)cc4-c4ccccc4)c4c3c(cc3c4oc4ccccc43)-c3cc4c(cc32)C(C)(C)c2cc(N(c3ccc(C(C)(C)C)cc3)c3ccc(C(C)(C)C)cc3)ccc2-4)cc1. The smallest absolute Gasteiger partial charge is 0.333 e. The van der Waals surface area contributed by atoms with Gasteiger partial charge in [0.25, 0.3) is 0 Å². The third-order valence-corrected chi connectivity index (χ3v) is 20.2. The van der Waals surface area contributed by atoms with Gasteiger partial charge in [0.2, 0.25) is 0 Å². The predicted octanol–water partition coefficient (Wildman–Crippen LogP) is 22.1. The van der Waals surface area contributed by atoms with Crippen molar-refractivity contribution in [1.82, 2.24) is 0 Å². The average Bonchev–Trinajstić information content (AvgIpc) is 1.68. The molecule has 10 aromatic carbocycles. The summed E-state index contributed by atoms with van der Waals surface area (Å²) in [5.74, 6) is 0. The molecule has 0 amide bonds. The molecular weight excluding hydrogens is 1070 g/mol. The van der Waals surface area contributed by atoms with Crippen molar-refractivity contribution >= 4 is 107 Å². The number of rotatable bonds is 6. The molecule has 0 spiro atoms. The maximum atomic E-state index is 7.39. The van der Waals surface area contributed by atoms with Crippen LogP contribution in [0.5, 0.6) is 0 Å². The molecule has 4 nitrogen and oxygen atoms in total. The van der Waals surface area contributed by atoms with Crippen LogP contribution in [0.4, 0.5) is 45.5 Å². The van der Waals surface area contributed by atoms with Gasteiger partial charge in [-0.05, 0) is 202 Å². The van der Waals surface area contributed by atoms with Crippen LogP contribution in [0, 0.1) is 0 Å². The van der Waals surface area contributed by atoms with Gasteiger partial charge in [-0.2, -0.15) is 0 Å². The molecule has 0 unspecified atom stereocenters. The summed E-state index contributed by atoms with van der Waals surface area (Å²) in [6, 6.07) is 77.0. The zero-order chi connectivity index (χ0) is 60.4. The molecule has 87 heavy (non-hydrogen) atoms. The molecule has 3 aliphatic rings. The molecule has 0 bridgehead atoms. The Morgan fingerprint density at radius 1 is 0.448 bits per heavy atom. The normalized spacial score (nSPS) is 14.3. The minimum absolute atomic E-state index is 0.0243. The third-order valence-electron chi connectivity index (χ3n) is 19.3. The van der Waals surface area contributed by atoms with Crippen molar-refractivity contribution in [1.29, 1.82) is 0 Å². The number of hydrogen-bond acceptors (Lipinski definition) is 5. The Hall–Kier alpha value is -8.58. The standard InChI is InChI=1S/C81H76BN3OS/c1-77(2,3)51-24-31-55(32-25-51)83(56-33-26-52(27-34-56)78(4,5)6)58-37-38-59-62-45-63-64-46-65-60-22-18-19-23-72(60)86-76(65)75-74(64)82(85(57-35-28-53(29-36-57)79(7,8)9)70(63)47-67(62)81(13,14)66(59)44-58)68-48-73-50(40-41-87-73)42-71(68)84(75)69-39-30-54(80(10,11)12)43-61(69)49-20-16-15-17-21-49/h15-48H,1-14H3. The van der Waals surface area contributed by atoms with Gasteiger partial charge in [0.05, 0.1) is 11.4 Å². The lowest BCUT2D eigenvalue weighted by Gasteiger charge is -2.46. The third kappa shape index (κ3) is 8.75. The van der Waals surface area contributed by atoms with E-state index in [1.165, 1.54) is 93.5 Å². The molecule has 0 fully saturated rings. The quantitative estimate of drug-likeness (QED) is 0.155. The van der Waals surface area contributed by atoms with E-state index < -0.39 is 0 Å². The Kier molecular flexibility index (Phi) is 12.2. The van der Waals surface area contributed by atoms with Crippen LogP contribution in [0.3, 0.4) is 0 Å². The van der Waals surface area contributed by atoms with Crippen molar-refractivity contribution in [2.45, 2.75) is 124 Å². The Labute approximate surface area is 518 Å². The van der Waals surface area contributed by atoms with E-state index >= 15 is 0 Å². The van der Waals surface area contributed by atoms with Crippen molar-refractivity contribution < 1.29 is 4.42 Å². The van der Waals surface area contributed by atoms with Crippen LogP contribution in [-0.2, 0) is 27.1 Å². The summed E-state index contributed by atoms with van der Waals surface area (Å²) in [5.41, 5.74) is 28.3. The molecule has 0 atom stereocenters. The van der Waals surface area contributed by atoms with Crippen LogP contribution < -0.4 is 25.5 Å². The van der Waals surface area contributed by atoms with E-state index in [9.17, 15) is 0 Å². The summed E-state index contributed by atoms with van der Waals surface area (Å²) < 4.78 is 8.66. The first-order chi connectivity index (χ1) is 41.4. The van der Waals surface area contributed by atoms with Gasteiger partial charge in [-0.15, -0.1) is 11.3 Å². The monoisotopic (exact) mass is 1150 g/mol. The Bertz CT molecular complexity index is 4690. The zero-order valence-corrected chi connectivity index (χ0v) is 53.7. The van der Waals surface area contributed by atoms with Crippen LogP contribution in [0.15, 0.2) is 210 Å². The van der Waals surface area contributed by atoms with Gasteiger partial charge in [-0.3, -0.25) is 0 Å². The number of nitrogens with zero attached hydrogens (tertiary/aromatic N) is 3. The maximum Gasteiger partial charge on any atom is 0.333 e. The van der Waals surface area contributed by atoms with E-state index in [0.717, 1.165) is 61.8 Å². The van der Waals surface area contributed by atoms with E-state index in [1.54, 1.807) is 0 Å². The second-order valence-electron chi connectivity index (χ2n) is 29.5. The molecule has 430 valence electrons. The number of fused-ring (bicyclic) bond motifs is 12. The van der Waals surface area contributed by atoms with Crippen molar-refractivity contribution in [3.63, 3.8) is 0 Å². The molecule has 4 heterocycles. The molecule has 0 N–H and O–H groups in total. The molecule has 1 aliphatic carbocycles. The highest BCUT2D eigenvalue weighted by Crippen LogP contribution is 2.58. The van der Waals surface area contributed by atoms with E-state index in [-0.39, 0.29) is 33.9 Å². The van der Waals surface area contributed by atoms with Crippen LogP contribution in [0.25, 0.3) is 65.4 Å². The molecule has 15 rings (SSSR count). The van der Waals surface area contributed by atoms with Gasteiger partial charge in [-0.25, -0.2) is 0 Å². The molecule has 2 aromatic heterocycles. The summed E-state index contributed by atoms with van der Waals surface area (Å²) in [7, 11) is 0. The van der Waals surface area contributed by atoms with Crippen LogP contribution >= 0.6 is 11.3 Å². The van der Waals surface area contributed by atoms with Gasteiger partial charge in [0, 0.05) is 66.1 Å². The maximum absolute atomic E-state index is 7.39. The number of furan rings is 1. The summed E-state index contributed by atoms with van der Waals surface area (Å²) in [6.45, 7) is 32.3. The molecule has 12 aromatic rings. The number of para-hydroxylation sites is 1. The predicted molar refractivity (Wildman–Crippen MR) is 375 cm³/mol. The fraction of sp³-hybridized carbons (Fsp3) is 0.235. The van der Waals surface area contributed by atoms with Crippen LogP contribution in [0.2, 0.25) is 0 Å². The van der Waals surface area contributed by atoms with Crippen molar-refractivity contribution in [3.05, 3.63) is 239 Å². The van der Waals surface area contributed by atoms with Crippen molar-refractivity contribution in [3.8, 4) is 33.4 Å². The second-order valence-corrected chi connectivity index (χ2v) is 30.4. The Balaban J connectivity index is 1.02. The van der Waals surface area contributed by atoms with Gasteiger partial charge >= 0.3 is 6.85 Å². The van der Waals surface area contributed by atoms with Crippen molar-refractivity contribution in [2.75, 3.05) is 14.6 Å². The molecular formula is C81H76BN3OS. The van der Waals surface area contributed by atoms with E-state index in [2.05, 4.69) is 317 Å². The highest BCUT2D eigenvalue weighted by Gasteiger charge is 2.49. The Morgan fingerprint density at radius 2 is 1.03 bits per heavy atom. The van der Waals surface area contributed by atoms with Gasteiger partial charge < -0.3 is 19.0 Å². The average molecular weight is 1150 g/mol. The topological polar surface area (TPSA) is 22.9 Å². The minimum atomic E-state index is -0.358. The van der Waals surface area contributed by atoms with Crippen molar-refractivity contribution in [2.24, 2.45) is 0 Å². The first-order valence-corrected chi connectivity index (χ1v) is 32.0. The highest BCUT2D eigenvalue weighted by molar-refractivity contribution is 7.17. The molecule has 0 saturated heterocycles. The number of thiophene rings is 1. The fourth-order valence-corrected chi connectivity index (χ4v) is 15.2. The lowest BCUT2D eigenvalue weighted by atomic mass is 9.43. The van der Waals surface area contributed by atoms with Crippen LogP contribution in [0.1, 0.15) is 130 Å². The number of benzene rings is 10. The first kappa shape index (κ1) is 55.0. The first-order valence-electron chi connectivity index (χ1n) is 31.2. The van der Waals surface area contributed by atoms with Gasteiger partial charge in [0.1, 0.15) is 5.58 Å². The zero-order valence-electron chi connectivity index (χ0n) is 52.9. The van der Waals surface area contributed by atoms with Crippen LogP contribution in [-0.4, -0.2) is 6.85 Å². The van der Waals surface area contributed by atoms with Gasteiger partial charge in [-0.1, -0.05) is 194 Å². The fourth-order valence-electron chi connectivity index (χ4n) is 14.4. The summed E-state index contributed by atoms with van der Waals surface area (Å²) >= 11 is 1.82. The molecule has 2 aliphatic heterocycles.